The molecule has 0 saturated heterocycles. The largest absolute Gasteiger partial charge is 0.494 e. The van der Waals surface area contributed by atoms with Crippen LogP contribution in [0.3, 0.4) is 0 Å². The Morgan fingerprint density at radius 2 is 1.78 bits per heavy atom. The number of hydrogen-bond acceptors (Lipinski definition) is 3. The van der Waals surface area contributed by atoms with Gasteiger partial charge in [-0.15, -0.1) is 0 Å². The topological polar surface area (TPSA) is 62.1 Å². The summed E-state index contributed by atoms with van der Waals surface area (Å²) < 4.78 is 5.38. The average molecular weight is 308 g/mol. The van der Waals surface area contributed by atoms with Crippen LogP contribution in [-0.2, 0) is 10.2 Å². The van der Waals surface area contributed by atoms with Gasteiger partial charge in [-0.1, -0.05) is 37.3 Å². The fraction of sp³-hybridized carbons (Fsp3) is 0.263. The number of carbonyl (C=O) groups excluding carboxylic acids is 1. The van der Waals surface area contributed by atoms with Crippen LogP contribution in [0.25, 0.3) is 0 Å². The number of rotatable bonds is 6. The first-order valence-corrected chi connectivity index (χ1v) is 7.67. The summed E-state index contributed by atoms with van der Waals surface area (Å²) in [5.41, 5.74) is 0.149. The zero-order valence-electron chi connectivity index (χ0n) is 13.4. The zero-order chi connectivity index (χ0) is 16.7. The Kier molecular flexibility index (Phi) is 5.37. The zero-order valence-corrected chi connectivity index (χ0v) is 13.4. The summed E-state index contributed by atoms with van der Waals surface area (Å²) in [4.78, 5) is 12.7. The summed E-state index contributed by atoms with van der Waals surface area (Å²) in [6.45, 7) is 4.35. The molecule has 0 aliphatic rings. The third-order valence-electron chi connectivity index (χ3n) is 3.80. The Morgan fingerprint density at radius 3 is 2.30 bits per heavy atom. The van der Waals surface area contributed by atoms with Gasteiger partial charge in [0.25, 0.3) is 0 Å². The average Bonchev–Trinajstić information content (AvgIpc) is 2.59. The smallest absolute Gasteiger partial charge is 0.249 e. The number of amides is 1. The number of hydrogen-bond donors (Lipinski definition) is 1. The molecule has 0 bridgehead atoms. The van der Waals surface area contributed by atoms with Gasteiger partial charge in [-0.05, 0) is 43.2 Å². The number of nitrogens with one attached hydrogen (secondary N) is 1. The standard InChI is InChI=1S/C19H20N2O2/c1-3-19(14-20,15-8-6-5-7-9-15)18(22)21-16-10-12-17(13-11-16)23-4-2/h5-13H,3-4H2,1-2H3,(H,21,22). The van der Waals surface area contributed by atoms with Crippen LogP contribution in [0.4, 0.5) is 5.69 Å². The first-order valence-electron chi connectivity index (χ1n) is 7.67. The number of benzene rings is 2. The maximum absolute atomic E-state index is 12.7. The molecule has 0 aliphatic heterocycles. The summed E-state index contributed by atoms with van der Waals surface area (Å²) in [7, 11) is 0. The van der Waals surface area contributed by atoms with Crippen molar-refractivity contribution >= 4 is 11.6 Å². The van der Waals surface area contributed by atoms with Crippen LogP contribution in [0.1, 0.15) is 25.8 Å². The maximum Gasteiger partial charge on any atom is 0.249 e. The van der Waals surface area contributed by atoms with Crippen molar-refractivity contribution in [2.75, 3.05) is 11.9 Å². The van der Waals surface area contributed by atoms with E-state index in [4.69, 9.17) is 4.74 Å². The normalized spacial score (nSPS) is 12.7. The highest BCUT2D eigenvalue weighted by Crippen LogP contribution is 2.29. The molecule has 1 amide bonds. The fourth-order valence-electron chi connectivity index (χ4n) is 2.45. The molecule has 0 fully saturated rings. The molecule has 1 N–H and O–H groups in total. The second-order valence-electron chi connectivity index (χ2n) is 5.15. The van der Waals surface area contributed by atoms with Gasteiger partial charge in [-0.3, -0.25) is 4.79 Å². The number of nitrogens with zero attached hydrogens (tertiary/aromatic N) is 1. The van der Waals surface area contributed by atoms with E-state index in [1.165, 1.54) is 0 Å². The molecule has 2 aromatic carbocycles. The van der Waals surface area contributed by atoms with Gasteiger partial charge in [-0.25, -0.2) is 0 Å². The van der Waals surface area contributed by atoms with Gasteiger partial charge in [0.15, 0.2) is 5.41 Å². The monoisotopic (exact) mass is 308 g/mol. The lowest BCUT2D eigenvalue weighted by molar-refractivity contribution is -0.119. The molecule has 4 nitrogen and oxygen atoms in total. The van der Waals surface area contributed by atoms with Crippen LogP contribution in [0.5, 0.6) is 5.75 Å². The lowest BCUT2D eigenvalue weighted by Gasteiger charge is -2.24. The van der Waals surface area contributed by atoms with Gasteiger partial charge >= 0.3 is 0 Å². The summed E-state index contributed by atoms with van der Waals surface area (Å²) in [5, 5.41) is 12.5. The molecule has 1 unspecified atom stereocenters. The minimum atomic E-state index is -1.19. The minimum Gasteiger partial charge on any atom is -0.494 e. The highest BCUT2D eigenvalue weighted by molar-refractivity contribution is 6.01. The molecule has 23 heavy (non-hydrogen) atoms. The van der Waals surface area contributed by atoms with E-state index in [1.54, 1.807) is 24.3 Å². The van der Waals surface area contributed by atoms with E-state index < -0.39 is 5.41 Å². The van der Waals surface area contributed by atoms with E-state index in [0.717, 1.165) is 5.75 Å². The van der Waals surface area contributed by atoms with E-state index in [-0.39, 0.29) is 5.91 Å². The predicted octanol–water partition coefficient (Wildman–Crippen LogP) is 3.90. The molecule has 2 rings (SSSR count). The van der Waals surface area contributed by atoms with Crippen molar-refractivity contribution in [1.29, 1.82) is 5.26 Å². The van der Waals surface area contributed by atoms with Gasteiger partial charge in [0, 0.05) is 5.69 Å². The number of nitriles is 1. The van der Waals surface area contributed by atoms with Crippen LogP contribution in [0, 0.1) is 11.3 Å². The molecular weight excluding hydrogens is 288 g/mol. The van der Waals surface area contributed by atoms with Crippen LogP contribution >= 0.6 is 0 Å². The van der Waals surface area contributed by atoms with Crippen molar-refractivity contribution in [3.05, 3.63) is 60.2 Å². The molecule has 1 atom stereocenters. The van der Waals surface area contributed by atoms with Crippen LogP contribution in [0.15, 0.2) is 54.6 Å². The Morgan fingerprint density at radius 1 is 1.13 bits per heavy atom. The Labute approximate surface area is 136 Å². The number of ether oxygens (including phenoxy) is 1. The van der Waals surface area contributed by atoms with E-state index in [9.17, 15) is 10.1 Å². The summed E-state index contributed by atoms with van der Waals surface area (Å²) >= 11 is 0. The Bertz CT molecular complexity index is 690. The molecule has 4 heteroatoms. The van der Waals surface area contributed by atoms with E-state index in [1.807, 2.05) is 44.2 Å². The first kappa shape index (κ1) is 16.6. The van der Waals surface area contributed by atoms with E-state index in [2.05, 4.69) is 11.4 Å². The van der Waals surface area contributed by atoms with Crippen molar-refractivity contribution in [3.8, 4) is 11.8 Å². The molecule has 0 heterocycles. The minimum absolute atomic E-state index is 0.321. The number of anilines is 1. The lowest BCUT2D eigenvalue weighted by Crippen LogP contribution is -2.38. The van der Waals surface area contributed by atoms with E-state index in [0.29, 0.717) is 24.3 Å². The molecule has 0 saturated carbocycles. The molecular formula is C19H20N2O2. The third kappa shape index (κ3) is 3.51. The van der Waals surface area contributed by atoms with Crippen LogP contribution in [0.2, 0.25) is 0 Å². The Balaban J connectivity index is 2.24. The van der Waals surface area contributed by atoms with Gasteiger partial charge in [0.1, 0.15) is 5.75 Å². The number of carbonyl (C=O) groups is 1. The Hall–Kier alpha value is -2.80. The van der Waals surface area contributed by atoms with E-state index >= 15 is 0 Å². The second kappa shape index (κ2) is 7.46. The van der Waals surface area contributed by atoms with Crippen molar-refractivity contribution in [2.45, 2.75) is 25.7 Å². The maximum atomic E-state index is 12.7. The van der Waals surface area contributed by atoms with Crippen molar-refractivity contribution in [1.82, 2.24) is 0 Å². The van der Waals surface area contributed by atoms with Crippen molar-refractivity contribution in [2.24, 2.45) is 0 Å². The molecule has 0 radical (unpaired) electrons. The molecule has 2 aromatic rings. The molecule has 0 aliphatic carbocycles. The van der Waals surface area contributed by atoms with Crippen molar-refractivity contribution in [3.63, 3.8) is 0 Å². The van der Waals surface area contributed by atoms with Gasteiger partial charge in [0.2, 0.25) is 5.91 Å². The van der Waals surface area contributed by atoms with Gasteiger partial charge < -0.3 is 10.1 Å². The quantitative estimate of drug-likeness (QED) is 0.880. The molecule has 118 valence electrons. The van der Waals surface area contributed by atoms with Gasteiger partial charge in [0.05, 0.1) is 12.7 Å². The lowest BCUT2D eigenvalue weighted by atomic mass is 9.78. The second-order valence-corrected chi connectivity index (χ2v) is 5.15. The first-order chi connectivity index (χ1) is 11.2. The summed E-state index contributed by atoms with van der Waals surface area (Å²) in [5.74, 6) is 0.424. The SMILES string of the molecule is CCOc1ccc(NC(=O)C(C#N)(CC)c2ccccc2)cc1. The predicted molar refractivity (Wildman–Crippen MR) is 90.3 cm³/mol. The highest BCUT2D eigenvalue weighted by atomic mass is 16.5. The highest BCUT2D eigenvalue weighted by Gasteiger charge is 2.38. The fourth-order valence-corrected chi connectivity index (χ4v) is 2.45. The summed E-state index contributed by atoms with van der Waals surface area (Å²) in [6.07, 6.45) is 0.399. The van der Waals surface area contributed by atoms with Gasteiger partial charge in [-0.2, -0.15) is 5.26 Å². The van der Waals surface area contributed by atoms with Crippen LogP contribution < -0.4 is 10.1 Å². The van der Waals surface area contributed by atoms with Crippen LogP contribution in [-0.4, -0.2) is 12.5 Å². The molecule has 0 aromatic heterocycles. The third-order valence-corrected chi connectivity index (χ3v) is 3.80. The molecule has 0 spiro atoms. The summed E-state index contributed by atoms with van der Waals surface area (Å²) in [6, 6.07) is 18.5. The van der Waals surface area contributed by atoms with Crippen molar-refractivity contribution < 1.29 is 9.53 Å².